The highest BCUT2D eigenvalue weighted by Gasteiger charge is 2.23. The van der Waals surface area contributed by atoms with Gasteiger partial charge in [0.05, 0.1) is 6.04 Å². The number of benzene rings is 1. The quantitative estimate of drug-likeness (QED) is 0.804. The van der Waals surface area contributed by atoms with Gasteiger partial charge in [-0.2, -0.15) is 0 Å². The van der Waals surface area contributed by atoms with Gasteiger partial charge in [0.1, 0.15) is 11.6 Å². The van der Waals surface area contributed by atoms with Crippen LogP contribution in [0.5, 0.6) is 0 Å². The molecule has 0 aliphatic carbocycles. The van der Waals surface area contributed by atoms with E-state index in [9.17, 15) is 4.39 Å². The number of nitrogens with zero attached hydrogens (tertiary/aromatic N) is 2. The number of aryl methyl sites for hydroxylation is 1. The minimum Gasteiger partial charge on any atom is -0.333 e. The number of hydrogen-bond donors (Lipinski definition) is 1. The van der Waals surface area contributed by atoms with Crippen molar-refractivity contribution in [2.75, 3.05) is 6.54 Å². The number of imidazole rings is 1. The van der Waals surface area contributed by atoms with Gasteiger partial charge in [0, 0.05) is 29.0 Å². The number of aromatic nitrogens is 2. The summed E-state index contributed by atoms with van der Waals surface area (Å²) in [6, 6.07) is 4.82. The standard InChI is InChI=1S/C16H21BrFN3/c1-3-8-19-15(14-12(17)6-5-7-13(14)18)16-20-9-11-21(16)10-4-2/h5-7,9,11,15,19H,3-4,8,10H2,1-2H3. The molecule has 2 aromatic rings. The van der Waals surface area contributed by atoms with Crippen molar-refractivity contribution in [1.82, 2.24) is 14.9 Å². The molecule has 114 valence electrons. The van der Waals surface area contributed by atoms with Crippen molar-refractivity contribution in [2.45, 2.75) is 39.3 Å². The zero-order valence-corrected chi connectivity index (χ0v) is 14.0. The van der Waals surface area contributed by atoms with E-state index in [0.29, 0.717) is 5.56 Å². The molecule has 2 rings (SSSR count). The van der Waals surface area contributed by atoms with Crippen LogP contribution in [0.25, 0.3) is 0 Å². The third kappa shape index (κ3) is 3.71. The van der Waals surface area contributed by atoms with Crippen molar-refractivity contribution >= 4 is 15.9 Å². The Bertz CT molecular complexity index is 562. The number of rotatable bonds is 7. The van der Waals surface area contributed by atoms with Gasteiger partial charge in [0.25, 0.3) is 0 Å². The van der Waals surface area contributed by atoms with E-state index in [2.05, 4.69) is 44.6 Å². The Kier molecular flexibility index (Phi) is 5.94. The zero-order chi connectivity index (χ0) is 15.2. The average Bonchev–Trinajstić information content (AvgIpc) is 2.90. The van der Waals surface area contributed by atoms with E-state index in [0.717, 1.165) is 36.2 Å². The lowest BCUT2D eigenvalue weighted by Crippen LogP contribution is -2.27. The van der Waals surface area contributed by atoms with Crippen LogP contribution < -0.4 is 5.32 Å². The molecule has 0 aliphatic rings. The van der Waals surface area contributed by atoms with Gasteiger partial charge >= 0.3 is 0 Å². The Balaban J connectivity index is 2.45. The van der Waals surface area contributed by atoms with Gasteiger partial charge < -0.3 is 9.88 Å². The van der Waals surface area contributed by atoms with Crippen LogP contribution in [-0.4, -0.2) is 16.1 Å². The smallest absolute Gasteiger partial charge is 0.130 e. The van der Waals surface area contributed by atoms with Crippen molar-refractivity contribution < 1.29 is 4.39 Å². The number of nitrogens with one attached hydrogen (secondary N) is 1. The van der Waals surface area contributed by atoms with Crippen LogP contribution in [0.15, 0.2) is 35.1 Å². The summed E-state index contributed by atoms with van der Waals surface area (Å²) in [5.41, 5.74) is 0.620. The summed E-state index contributed by atoms with van der Waals surface area (Å²) in [4.78, 5) is 4.46. The van der Waals surface area contributed by atoms with Crippen LogP contribution in [0.2, 0.25) is 0 Å². The molecule has 1 heterocycles. The van der Waals surface area contributed by atoms with E-state index >= 15 is 0 Å². The molecular weight excluding hydrogens is 333 g/mol. The Morgan fingerprint density at radius 3 is 2.81 bits per heavy atom. The summed E-state index contributed by atoms with van der Waals surface area (Å²) in [7, 11) is 0. The van der Waals surface area contributed by atoms with E-state index in [1.807, 2.05) is 12.3 Å². The Labute approximate surface area is 133 Å². The van der Waals surface area contributed by atoms with Crippen molar-refractivity contribution in [3.63, 3.8) is 0 Å². The lowest BCUT2D eigenvalue weighted by Gasteiger charge is -2.21. The van der Waals surface area contributed by atoms with Crippen LogP contribution >= 0.6 is 15.9 Å². The molecule has 0 bridgehead atoms. The number of hydrogen-bond acceptors (Lipinski definition) is 2. The molecule has 0 amide bonds. The van der Waals surface area contributed by atoms with Gasteiger partial charge in [-0.15, -0.1) is 0 Å². The topological polar surface area (TPSA) is 29.9 Å². The lowest BCUT2D eigenvalue weighted by molar-refractivity contribution is 0.502. The van der Waals surface area contributed by atoms with Crippen molar-refractivity contribution in [2.24, 2.45) is 0 Å². The van der Waals surface area contributed by atoms with Gasteiger partial charge in [0.15, 0.2) is 0 Å². The Morgan fingerprint density at radius 2 is 2.14 bits per heavy atom. The molecular formula is C16H21BrFN3. The maximum Gasteiger partial charge on any atom is 0.130 e. The van der Waals surface area contributed by atoms with E-state index in [-0.39, 0.29) is 11.9 Å². The van der Waals surface area contributed by atoms with Crippen LogP contribution in [0.1, 0.15) is 44.1 Å². The van der Waals surface area contributed by atoms with E-state index < -0.39 is 0 Å². The van der Waals surface area contributed by atoms with Gasteiger partial charge in [-0.3, -0.25) is 0 Å². The second-order valence-electron chi connectivity index (χ2n) is 5.00. The normalized spacial score (nSPS) is 12.6. The summed E-state index contributed by atoms with van der Waals surface area (Å²) in [6.45, 7) is 5.91. The predicted molar refractivity (Wildman–Crippen MR) is 86.8 cm³/mol. The van der Waals surface area contributed by atoms with Crippen LogP contribution in [0.4, 0.5) is 4.39 Å². The first-order valence-corrected chi connectivity index (χ1v) is 8.16. The van der Waals surface area contributed by atoms with Crippen molar-refractivity contribution in [3.8, 4) is 0 Å². The third-order valence-corrected chi connectivity index (χ3v) is 4.05. The first kappa shape index (κ1) is 16.2. The Morgan fingerprint density at radius 1 is 1.33 bits per heavy atom. The molecule has 3 nitrogen and oxygen atoms in total. The minimum atomic E-state index is -0.248. The lowest BCUT2D eigenvalue weighted by atomic mass is 10.0. The summed E-state index contributed by atoms with van der Waals surface area (Å²) in [6.07, 6.45) is 5.73. The molecule has 1 N–H and O–H groups in total. The van der Waals surface area contributed by atoms with Gasteiger partial charge in [-0.25, -0.2) is 9.37 Å². The summed E-state index contributed by atoms with van der Waals surface area (Å²) >= 11 is 3.47. The maximum absolute atomic E-state index is 14.3. The SMILES string of the molecule is CCCNC(c1c(F)cccc1Br)c1nccn1CCC. The maximum atomic E-state index is 14.3. The zero-order valence-electron chi connectivity index (χ0n) is 12.4. The highest BCUT2D eigenvalue weighted by molar-refractivity contribution is 9.10. The molecule has 1 atom stereocenters. The molecule has 5 heteroatoms. The summed E-state index contributed by atoms with van der Waals surface area (Å²) in [5.74, 6) is 0.639. The fourth-order valence-corrected chi connectivity index (χ4v) is 2.98. The number of halogens is 2. The molecule has 0 aliphatic heterocycles. The minimum absolute atomic E-state index is 0.218. The highest BCUT2D eigenvalue weighted by atomic mass is 79.9. The molecule has 0 radical (unpaired) electrons. The molecule has 21 heavy (non-hydrogen) atoms. The van der Waals surface area contributed by atoms with Crippen LogP contribution in [0, 0.1) is 5.82 Å². The highest BCUT2D eigenvalue weighted by Crippen LogP contribution is 2.30. The van der Waals surface area contributed by atoms with Crippen molar-refractivity contribution in [3.05, 3.63) is 52.3 Å². The fourth-order valence-electron chi connectivity index (χ4n) is 2.41. The Hall–Kier alpha value is -1.20. The average molecular weight is 354 g/mol. The van der Waals surface area contributed by atoms with Crippen molar-refractivity contribution in [1.29, 1.82) is 0 Å². The third-order valence-electron chi connectivity index (χ3n) is 3.36. The first-order valence-electron chi connectivity index (χ1n) is 7.37. The molecule has 1 aromatic carbocycles. The second kappa shape index (κ2) is 7.71. The van der Waals surface area contributed by atoms with Crippen LogP contribution in [-0.2, 0) is 6.54 Å². The molecule has 0 fully saturated rings. The second-order valence-corrected chi connectivity index (χ2v) is 5.86. The summed E-state index contributed by atoms with van der Waals surface area (Å²) in [5, 5.41) is 3.42. The molecule has 0 spiro atoms. The first-order chi connectivity index (χ1) is 10.2. The molecule has 0 saturated heterocycles. The predicted octanol–water partition coefficient (Wildman–Crippen LogP) is 4.28. The van der Waals surface area contributed by atoms with Gasteiger partial charge in [-0.1, -0.05) is 35.8 Å². The van der Waals surface area contributed by atoms with Gasteiger partial charge in [-0.05, 0) is 31.5 Å². The molecule has 0 saturated carbocycles. The van der Waals surface area contributed by atoms with Crippen LogP contribution in [0.3, 0.4) is 0 Å². The van der Waals surface area contributed by atoms with E-state index in [1.54, 1.807) is 12.3 Å². The van der Waals surface area contributed by atoms with E-state index in [1.165, 1.54) is 6.07 Å². The summed E-state index contributed by atoms with van der Waals surface area (Å²) < 4.78 is 17.2. The van der Waals surface area contributed by atoms with E-state index in [4.69, 9.17) is 0 Å². The monoisotopic (exact) mass is 353 g/mol. The largest absolute Gasteiger partial charge is 0.333 e. The molecule has 1 aromatic heterocycles. The fraction of sp³-hybridized carbons (Fsp3) is 0.438. The van der Waals surface area contributed by atoms with Gasteiger partial charge in [0.2, 0.25) is 0 Å². The molecule has 1 unspecified atom stereocenters.